The van der Waals surface area contributed by atoms with Gasteiger partial charge in [0.15, 0.2) is 11.0 Å². The van der Waals surface area contributed by atoms with Crippen molar-refractivity contribution < 1.29 is 9.53 Å². The number of carbonyl (C=O) groups is 1. The average molecular weight is 256 g/mol. The van der Waals surface area contributed by atoms with Crippen molar-refractivity contribution in [1.82, 2.24) is 10.2 Å². The van der Waals surface area contributed by atoms with Crippen LogP contribution in [-0.4, -0.2) is 35.9 Å². The van der Waals surface area contributed by atoms with Crippen molar-refractivity contribution in [2.75, 3.05) is 18.6 Å². The van der Waals surface area contributed by atoms with E-state index in [1.807, 2.05) is 4.90 Å². The number of carbonyl (C=O) groups excluding carboxylic acids is 1. The Morgan fingerprint density at radius 1 is 1.47 bits per heavy atom. The first-order valence-corrected chi connectivity index (χ1v) is 5.94. The van der Waals surface area contributed by atoms with Crippen molar-refractivity contribution >= 4 is 23.4 Å². The molecule has 0 radical (unpaired) electrons. The molecular weight excluding hydrogens is 242 g/mol. The highest BCUT2D eigenvalue weighted by atomic mass is 35.5. The van der Waals surface area contributed by atoms with Gasteiger partial charge in [0.2, 0.25) is 0 Å². The molecule has 92 valence electrons. The monoisotopic (exact) mass is 255 g/mol. The Kier molecular flexibility index (Phi) is 3.78. The van der Waals surface area contributed by atoms with Crippen molar-refractivity contribution in [3.8, 4) is 0 Å². The largest absolute Gasteiger partial charge is 0.467 e. The molecule has 1 aliphatic heterocycles. The van der Waals surface area contributed by atoms with Crippen molar-refractivity contribution in [1.29, 1.82) is 0 Å². The number of halogens is 1. The van der Waals surface area contributed by atoms with Crippen LogP contribution in [-0.2, 0) is 9.53 Å². The van der Waals surface area contributed by atoms with E-state index < -0.39 is 0 Å². The van der Waals surface area contributed by atoms with Gasteiger partial charge in [0.25, 0.3) is 0 Å². The van der Waals surface area contributed by atoms with Crippen molar-refractivity contribution in [3.63, 3.8) is 0 Å². The van der Waals surface area contributed by atoms with Gasteiger partial charge in [-0.05, 0) is 31.4 Å². The maximum absolute atomic E-state index is 11.7. The highest BCUT2D eigenvalue weighted by Crippen LogP contribution is 2.23. The molecule has 0 bridgehead atoms. The van der Waals surface area contributed by atoms with E-state index in [9.17, 15) is 4.79 Å². The molecule has 1 atom stereocenters. The number of anilines is 1. The predicted octanol–water partition coefficient (Wildman–Crippen LogP) is 1.66. The van der Waals surface area contributed by atoms with Crippen LogP contribution in [0.1, 0.15) is 19.3 Å². The topological polar surface area (TPSA) is 55.3 Å². The summed E-state index contributed by atoms with van der Waals surface area (Å²) >= 11 is 5.69. The van der Waals surface area contributed by atoms with E-state index in [4.69, 9.17) is 16.3 Å². The minimum atomic E-state index is -0.260. The highest BCUT2D eigenvalue weighted by Gasteiger charge is 2.30. The lowest BCUT2D eigenvalue weighted by atomic mass is 10.0. The maximum Gasteiger partial charge on any atom is 0.328 e. The van der Waals surface area contributed by atoms with Crippen LogP contribution < -0.4 is 4.90 Å². The van der Waals surface area contributed by atoms with Gasteiger partial charge in [-0.3, -0.25) is 0 Å². The van der Waals surface area contributed by atoms with Crippen LogP contribution in [0.4, 0.5) is 5.82 Å². The van der Waals surface area contributed by atoms with Gasteiger partial charge in [0.1, 0.15) is 6.04 Å². The van der Waals surface area contributed by atoms with Crippen molar-refractivity contribution in [2.45, 2.75) is 25.3 Å². The fraction of sp³-hybridized carbons (Fsp3) is 0.545. The number of piperidine rings is 1. The number of aromatic nitrogens is 2. The molecule has 0 unspecified atom stereocenters. The number of rotatable bonds is 2. The fourth-order valence-electron chi connectivity index (χ4n) is 2.05. The van der Waals surface area contributed by atoms with Gasteiger partial charge in [-0.15, -0.1) is 10.2 Å². The normalized spacial score (nSPS) is 20.1. The number of hydrogen-bond acceptors (Lipinski definition) is 5. The van der Waals surface area contributed by atoms with Crippen LogP contribution in [0.3, 0.4) is 0 Å². The molecule has 6 heteroatoms. The van der Waals surface area contributed by atoms with Crippen LogP contribution in [0.25, 0.3) is 0 Å². The maximum atomic E-state index is 11.7. The summed E-state index contributed by atoms with van der Waals surface area (Å²) in [6.07, 6.45) is 2.85. The van der Waals surface area contributed by atoms with E-state index >= 15 is 0 Å². The summed E-state index contributed by atoms with van der Waals surface area (Å²) in [4.78, 5) is 13.6. The SMILES string of the molecule is COC(=O)[C@H]1CCCCN1c1ccc(Cl)nn1. The molecule has 0 aromatic carbocycles. The molecule has 2 heterocycles. The molecule has 0 N–H and O–H groups in total. The van der Waals surface area contributed by atoms with E-state index in [2.05, 4.69) is 10.2 Å². The highest BCUT2D eigenvalue weighted by molar-refractivity contribution is 6.29. The Morgan fingerprint density at radius 3 is 2.94 bits per heavy atom. The first-order valence-electron chi connectivity index (χ1n) is 5.56. The number of ether oxygens (including phenoxy) is 1. The first kappa shape index (κ1) is 12.1. The van der Waals surface area contributed by atoms with Crippen molar-refractivity contribution in [2.24, 2.45) is 0 Å². The molecule has 1 saturated heterocycles. The van der Waals surface area contributed by atoms with Crippen LogP contribution in [0, 0.1) is 0 Å². The van der Waals surface area contributed by atoms with Gasteiger partial charge >= 0.3 is 5.97 Å². The Balaban J connectivity index is 2.21. The average Bonchev–Trinajstić information content (AvgIpc) is 2.39. The van der Waals surface area contributed by atoms with Crippen molar-refractivity contribution in [3.05, 3.63) is 17.3 Å². The lowest BCUT2D eigenvalue weighted by molar-refractivity contribution is -0.142. The summed E-state index contributed by atoms with van der Waals surface area (Å²) in [5.74, 6) is 0.450. The second-order valence-corrected chi connectivity index (χ2v) is 4.33. The molecular formula is C11H14ClN3O2. The third-order valence-electron chi connectivity index (χ3n) is 2.89. The van der Waals surface area contributed by atoms with Gasteiger partial charge in [-0.2, -0.15) is 0 Å². The number of esters is 1. The molecule has 1 aliphatic rings. The van der Waals surface area contributed by atoms with Gasteiger partial charge in [-0.1, -0.05) is 11.6 Å². The van der Waals surface area contributed by atoms with Gasteiger partial charge in [0.05, 0.1) is 7.11 Å². The quantitative estimate of drug-likeness (QED) is 0.753. The summed E-state index contributed by atoms with van der Waals surface area (Å²) < 4.78 is 4.81. The zero-order chi connectivity index (χ0) is 12.3. The fourth-order valence-corrected chi connectivity index (χ4v) is 2.15. The molecule has 17 heavy (non-hydrogen) atoms. The zero-order valence-corrected chi connectivity index (χ0v) is 10.4. The third kappa shape index (κ3) is 2.66. The van der Waals surface area contributed by atoms with Gasteiger partial charge < -0.3 is 9.64 Å². The molecule has 0 saturated carbocycles. The van der Waals surface area contributed by atoms with E-state index in [1.54, 1.807) is 12.1 Å². The van der Waals surface area contributed by atoms with E-state index in [0.717, 1.165) is 25.8 Å². The molecule has 5 nitrogen and oxygen atoms in total. The molecule has 2 rings (SSSR count). The van der Waals surface area contributed by atoms with Crippen LogP contribution in [0.2, 0.25) is 5.15 Å². The smallest absolute Gasteiger partial charge is 0.328 e. The Morgan fingerprint density at radius 2 is 2.29 bits per heavy atom. The number of methoxy groups -OCH3 is 1. The lowest BCUT2D eigenvalue weighted by Crippen LogP contribution is -2.45. The molecule has 1 aromatic rings. The zero-order valence-electron chi connectivity index (χ0n) is 9.60. The second-order valence-electron chi connectivity index (χ2n) is 3.94. The van der Waals surface area contributed by atoms with E-state index in [1.165, 1.54) is 7.11 Å². The standard InChI is InChI=1S/C11H14ClN3O2/c1-17-11(16)8-4-2-3-7-15(8)10-6-5-9(12)13-14-10/h5-6,8H,2-4,7H2,1H3/t8-/m1/s1. The van der Waals surface area contributed by atoms with Crippen LogP contribution in [0.5, 0.6) is 0 Å². The Hall–Kier alpha value is -1.36. The second kappa shape index (κ2) is 5.31. The molecule has 1 fully saturated rings. The summed E-state index contributed by atoms with van der Waals surface area (Å²) in [7, 11) is 1.41. The number of hydrogen-bond donors (Lipinski definition) is 0. The molecule has 0 spiro atoms. The first-order chi connectivity index (χ1) is 8.22. The van der Waals surface area contributed by atoms with E-state index in [-0.39, 0.29) is 12.0 Å². The summed E-state index contributed by atoms with van der Waals surface area (Å²) in [6.45, 7) is 0.788. The van der Waals surface area contributed by atoms with Crippen LogP contribution in [0.15, 0.2) is 12.1 Å². The lowest BCUT2D eigenvalue weighted by Gasteiger charge is -2.34. The van der Waals surface area contributed by atoms with Gasteiger partial charge in [-0.25, -0.2) is 4.79 Å². The Labute approximate surface area is 105 Å². The molecule has 1 aromatic heterocycles. The summed E-state index contributed by atoms with van der Waals surface area (Å²) in [6, 6.07) is 3.19. The third-order valence-corrected chi connectivity index (χ3v) is 3.09. The minimum absolute atomic E-state index is 0.221. The molecule has 0 aliphatic carbocycles. The van der Waals surface area contributed by atoms with E-state index in [0.29, 0.717) is 11.0 Å². The molecule has 0 amide bonds. The summed E-state index contributed by atoms with van der Waals surface area (Å²) in [5, 5.41) is 8.15. The van der Waals surface area contributed by atoms with Gasteiger partial charge in [0, 0.05) is 6.54 Å². The summed E-state index contributed by atoms with van der Waals surface area (Å²) in [5.41, 5.74) is 0. The van der Waals surface area contributed by atoms with Crippen LogP contribution >= 0.6 is 11.6 Å². The minimum Gasteiger partial charge on any atom is -0.467 e. The Bertz CT molecular complexity index is 396. The predicted molar refractivity (Wildman–Crippen MR) is 64.0 cm³/mol. The number of nitrogens with zero attached hydrogens (tertiary/aromatic N) is 3.